The minimum absolute atomic E-state index is 0.126. The molecule has 0 bridgehead atoms. The van der Waals surface area contributed by atoms with Crippen molar-refractivity contribution in [2.24, 2.45) is 11.7 Å². The lowest BCUT2D eigenvalue weighted by Gasteiger charge is -2.10. The molecule has 24 heavy (non-hydrogen) atoms. The Morgan fingerprint density at radius 1 is 1.25 bits per heavy atom. The highest BCUT2D eigenvalue weighted by Gasteiger charge is 2.18. The number of aromatic nitrogens is 4. The summed E-state index contributed by atoms with van der Waals surface area (Å²) in [5.41, 5.74) is 10.2. The molecule has 0 aliphatic rings. The molecule has 0 fully saturated rings. The van der Waals surface area contributed by atoms with Gasteiger partial charge < -0.3 is 5.73 Å². The summed E-state index contributed by atoms with van der Waals surface area (Å²) in [5, 5.41) is 13.1. The number of hydrogen-bond donors (Lipinski definition) is 1. The number of nitrogens with zero attached hydrogens (tertiary/aromatic N) is 4. The van der Waals surface area contributed by atoms with E-state index in [2.05, 4.69) is 61.2 Å². The van der Waals surface area contributed by atoms with Gasteiger partial charge >= 0.3 is 0 Å². The van der Waals surface area contributed by atoms with Gasteiger partial charge in [-0.25, -0.2) is 0 Å². The van der Waals surface area contributed by atoms with Crippen LogP contribution in [-0.4, -0.2) is 19.8 Å². The van der Waals surface area contributed by atoms with Crippen molar-refractivity contribution in [2.75, 3.05) is 0 Å². The first-order valence-electron chi connectivity index (χ1n) is 8.10. The van der Waals surface area contributed by atoms with Gasteiger partial charge in [0.05, 0.1) is 6.04 Å². The average Bonchev–Trinajstić information content (AvgIpc) is 3.07. The third kappa shape index (κ3) is 3.79. The SMILES string of the molecule is Cc1ccc(C)c(CSc2nn3c(C(N)CC(C)C)nnc3s2)c1. The predicted molar refractivity (Wildman–Crippen MR) is 101 cm³/mol. The summed E-state index contributed by atoms with van der Waals surface area (Å²) < 4.78 is 2.81. The Morgan fingerprint density at radius 3 is 2.79 bits per heavy atom. The normalized spacial score (nSPS) is 13.1. The number of thioether (sulfide) groups is 1. The fourth-order valence-electron chi connectivity index (χ4n) is 2.61. The van der Waals surface area contributed by atoms with Crippen LogP contribution in [0, 0.1) is 19.8 Å². The van der Waals surface area contributed by atoms with E-state index in [1.165, 1.54) is 16.7 Å². The molecule has 7 heteroatoms. The highest BCUT2D eigenvalue weighted by Crippen LogP contribution is 2.30. The van der Waals surface area contributed by atoms with Gasteiger partial charge in [0, 0.05) is 5.75 Å². The lowest BCUT2D eigenvalue weighted by Crippen LogP contribution is -2.16. The lowest BCUT2D eigenvalue weighted by molar-refractivity contribution is 0.485. The van der Waals surface area contributed by atoms with E-state index < -0.39 is 0 Å². The van der Waals surface area contributed by atoms with Crippen LogP contribution in [0.2, 0.25) is 0 Å². The molecule has 0 radical (unpaired) electrons. The summed E-state index contributed by atoms with van der Waals surface area (Å²) in [7, 11) is 0. The molecule has 2 N–H and O–H groups in total. The second kappa shape index (κ2) is 7.21. The second-order valence-corrected chi connectivity index (χ2v) is 8.75. The van der Waals surface area contributed by atoms with Crippen LogP contribution in [0.25, 0.3) is 4.96 Å². The molecule has 0 spiro atoms. The lowest BCUT2D eigenvalue weighted by atomic mass is 10.0. The second-order valence-electron chi connectivity index (χ2n) is 6.58. The van der Waals surface area contributed by atoms with E-state index >= 15 is 0 Å². The molecule has 0 aliphatic carbocycles. The monoisotopic (exact) mass is 361 g/mol. The van der Waals surface area contributed by atoms with E-state index in [1.54, 1.807) is 23.1 Å². The molecule has 0 saturated heterocycles. The molecule has 1 aromatic carbocycles. The zero-order chi connectivity index (χ0) is 17.3. The summed E-state index contributed by atoms with van der Waals surface area (Å²) in [6.07, 6.45) is 0.878. The largest absolute Gasteiger partial charge is 0.321 e. The van der Waals surface area contributed by atoms with Crippen molar-refractivity contribution in [3.63, 3.8) is 0 Å². The van der Waals surface area contributed by atoms with Crippen molar-refractivity contribution in [2.45, 2.75) is 50.3 Å². The number of benzene rings is 1. The molecule has 0 aliphatic heterocycles. The highest BCUT2D eigenvalue weighted by molar-refractivity contribution is 8.00. The van der Waals surface area contributed by atoms with Crippen LogP contribution < -0.4 is 5.73 Å². The number of aryl methyl sites for hydroxylation is 2. The minimum Gasteiger partial charge on any atom is -0.321 e. The zero-order valence-electron chi connectivity index (χ0n) is 14.5. The number of fused-ring (bicyclic) bond motifs is 1. The molecular weight excluding hydrogens is 338 g/mol. The van der Waals surface area contributed by atoms with Crippen molar-refractivity contribution < 1.29 is 0 Å². The van der Waals surface area contributed by atoms with E-state index in [0.717, 1.165) is 27.3 Å². The Morgan fingerprint density at radius 2 is 2.04 bits per heavy atom. The van der Waals surface area contributed by atoms with E-state index in [9.17, 15) is 0 Å². The topological polar surface area (TPSA) is 69.1 Å². The quantitative estimate of drug-likeness (QED) is 0.668. The summed E-state index contributed by atoms with van der Waals surface area (Å²) in [6, 6.07) is 6.44. The van der Waals surface area contributed by atoms with Crippen molar-refractivity contribution in [1.29, 1.82) is 0 Å². The summed E-state index contributed by atoms with van der Waals surface area (Å²) in [4.78, 5) is 0.813. The predicted octanol–water partition coefficient (Wildman–Crippen LogP) is 4.14. The number of rotatable bonds is 6. The zero-order valence-corrected chi connectivity index (χ0v) is 16.1. The first-order chi connectivity index (χ1) is 11.4. The van der Waals surface area contributed by atoms with Gasteiger partial charge in [0.25, 0.3) is 0 Å². The molecule has 5 nitrogen and oxygen atoms in total. The van der Waals surface area contributed by atoms with E-state index in [4.69, 9.17) is 5.73 Å². The Bertz CT molecular complexity index is 837. The molecule has 1 atom stereocenters. The van der Waals surface area contributed by atoms with Crippen LogP contribution in [0.1, 0.15) is 48.8 Å². The van der Waals surface area contributed by atoms with Gasteiger partial charge in [0.1, 0.15) is 0 Å². The first-order valence-corrected chi connectivity index (χ1v) is 9.91. The van der Waals surface area contributed by atoms with Crippen molar-refractivity contribution in [3.8, 4) is 0 Å². The fraction of sp³-hybridized carbons (Fsp3) is 0.471. The first kappa shape index (κ1) is 17.4. The summed E-state index contributed by atoms with van der Waals surface area (Å²) >= 11 is 3.31. The molecule has 1 unspecified atom stereocenters. The molecule has 2 aromatic heterocycles. The third-order valence-electron chi connectivity index (χ3n) is 3.91. The Hall–Kier alpha value is -1.44. The van der Waals surface area contributed by atoms with Crippen LogP contribution in [0.15, 0.2) is 22.5 Å². The van der Waals surface area contributed by atoms with Crippen molar-refractivity contribution in [1.82, 2.24) is 19.8 Å². The van der Waals surface area contributed by atoms with Gasteiger partial charge in [-0.3, -0.25) is 0 Å². The van der Waals surface area contributed by atoms with Gasteiger partial charge in [0.15, 0.2) is 10.2 Å². The fourth-order valence-corrected chi connectivity index (χ4v) is 4.56. The van der Waals surface area contributed by atoms with Gasteiger partial charge in [-0.05, 0) is 37.3 Å². The van der Waals surface area contributed by atoms with Crippen LogP contribution in [0.4, 0.5) is 0 Å². The summed E-state index contributed by atoms with van der Waals surface area (Å²) in [5.74, 6) is 2.18. The van der Waals surface area contributed by atoms with Crippen LogP contribution in [0.5, 0.6) is 0 Å². The van der Waals surface area contributed by atoms with Crippen LogP contribution in [-0.2, 0) is 5.75 Å². The maximum atomic E-state index is 6.25. The van der Waals surface area contributed by atoms with Crippen molar-refractivity contribution >= 4 is 28.1 Å². The molecule has 0 amide bonds. The maximum absolute atomic E-state index is 6.25. The van der Waals surface area contributed by atoms with Crippen LogP contribution in [0.3, 0.4) is 0 Å². The molecular formula is C17H23N5S2. The van der Waals surface area contributed by atoms with Gasteiger partial charge in [-0.15, -0.1) is 15.3 Å². The third-order valence-corrected chi connectivity index (χ3v) is 5.99. The number of nitrogens with two attached hydrogens (primary N) is 1. The van der Waals surface area contributed by atoms with E-state index in [-0.39, 0.29) is 6.04 Å². The Balaban J connectivity index is 1.76. The van der Waals surface area contributed by atoms with Crippen molar-refractivity contribution in [3.05, 3.63) is 40.7 Å². The van der Waals surface area contributed by atoms with E-state index in [0.29, 0.717) is 5.92 Å². The van der Waals surface area contributed by atoms with E-state index in [1.807, 2.05) is 4.52 Å². The smallest absolute Gasteiger partial charge is 0.235 e. The molecule has 3 aromatic rings. The summed E-state index contributed by atoms with van der Waals surface area (Å²) in [6.45, 7) is 8.59. The minimum atomic E-state index is -0.126. The number of hydrogen-bond acceptors (Lipinski definition) is 6. The molecule has 3 rings (SSSR count). The maximum Gasteiger partial charge on any atom is 0.235 e. The Labute approximate surface area is 150 Å². The standard InChI is InChI=1S/C17H23N5S2/c1-10(2)7-14(18)15-19-20-16-22(15)21-17(24-16)23-9-13-8-11(3)5-6-12(13)4/h5-6,8,10,14H,7,9,18H2,1-4H3. The molecule has 2 heterocycles. The van der Waals surface area contributed by atoms with Gasteiger partial charge in [-0.2, -0.15) is 4.52 Å². The van der Waals surface area contributed by atoms with Crippen LogP contribution >= 0.6 is 23.1 Å². The molecule has 0 saturated carbocycles. The highest BCUT2D eigenvalue weighted by atomic mass is 32.2. The van der Waals surface area contributed by atoms with Gasteiger partial charge in [0.2, 0.25) is 4.96 Å². The molecule has 128 valence electrons. The average molecular weight is 362 g/mol. The Kier molecular flexibility index (Phi) is 5.22. The van der Waals surface area contributed by atoms with Gasteiger partial charge in [-0.1, -0.05) is 60.7 Å².